The summed E-state index contributed by atoms with van der Waals surface area (Å²) in [6, 6.07) is -1.05. The molecule has 2 aromatic rings. The minimum Gasteiger partial charge on any atom is -0.477 e. The van der Waals surface area contributed by atoms with Crippen LogP contribution in [0.3, 0.4) is 0 Å². The summed E-state index contributed by atoms with van der Waals surface area (Å²) >= 11 is 2.98. The Morgan fingerprint density at radius 2 is 2.16 bits per heavy atom. The number of anilines is 1. The molecule has 2 aromatic heterocycles. The van der Waals surface area contributed by atoms with Gasteiger partial charge in [0.05, 0.1) is 0 Å². The Labute approximate surface area is 219 Å². The van der Waals surface area contributed by atoms with Gasteiger partial charge in [0.25, 0.3) is 21.9 Å². The summed E-state index contributed by atoms with van der Waals surface area (Å²) in [6.07, 6.45) is 0. The number of tetrazole rings is 1. The van der Waals surface area contributed by atoms with E-state index in [2.05, 4.69) is 40.2 Å². The zero-order chi connectivity index (χ0) is 26.9. The van der Waals surface area contributed by atoms with E-state index in [4.69, 9.17) is 10.3 Å². The van der Waals surface area contributed by atoms with Gasteiger partial charge in [0.1, 0.15) is 24.2 Å². The van der Waals surface area contributed by atoms with Crippen LogP contribution >= 0.6 is 35.1 Å². The lowest BCUT2D eigenvalue weighted by Gasteiger charge is -2.49. The first-order chi connectivity index (χ1) is 17.5. The van der Waals surface area contributed by atoms with Gasteiger partial charge in [-0.05, 0) is 16.0 Å². The van der Waals surface area contributed by atoms with Crippen molar-refractivity contribution in [3.63, 3.8) is 0 Å². The number of carbonyl (C=O) groups excluding carboxylic acids is 2. The van der Waals surface area contributed by atoms with Gasteiger partial charge in [-0.2, -0.15) is 17.8 Å². The molecule has 0 spiro atoms. The number of hydrogen-bond acceptors (Lipinski definition) is 16. The number of aromatic nitrogens is 6. The normalized spacial score (nSPS) is 19.9. The molecule has 1 unspecified atom stereocenters. The van der Waals surface area contributed by atoms with Crippen molar-refractivity contribution in [2.75, 3.05) is 24.3 Å². The molecule has 2 aliphatic rings. The van der Waals surface area contributed by atoms with Crippen molar-refractivity contribution in [1.29, 1.82) is 0 Å². The number of nitrogen functional groups attached to an aromatic ring is 1. The van der Waals surface area contributed by atoms with Crippen LogP contribution in [0.25, 0.3) is 0 Å². The molecule has 18 nitrogen and oxygen atoms in total. The molecule has 0 radical (unpaired) electrons. The number of nitrogens with zero attached hydrogens (tertiary/aromatic N) is 8. The first-order valence-corrected chi connectivity index (χ1v) is 14.2. The number of nitrogens with two attached hydrogens (primary N) is 1. The lowest BCUT2D eigenvalue weighted by Crippen LogP contribution is -2.71. The summed E-state index contributed by atoms with van der Waals surface area (Å²) in [5, 5.41) is 25.8. The fourth-order valence-electron chi connectivity index (χ4n) is 3.30. The predicted octanol–water partition coefficient (Wildman–Crippen LogP) is -2.17. The summed E-state index contributed by atoms with van der Waals surface area (Å²) < 4.78 is 36.0. The number of carboxylic acids is 1. The van der Waals surface area contributed by atoms with Crippen molar-refractivity contribution in [3.8, 4) is 0 Å². The highest BCUT2D eigenvalue weighted by molar-refractivity contribution is 8.01. The van der Waals surface area contributed by atoms with E-state index in [0.29, 0.717) is 5.57 Å². The quantitative estimate of drug-likeness (QED) is 0.0752. The summed E-state index contributed by atoms with van der Waals surface area (Å²) in [7, 11) is -3.20. The highest BCUT2D eigenvalue weighted by Gasteiger charge is 2.54. The minimum absolute atomic E-state index is 0.00949. The second-order valence-electron chi connectivity index (χ2n) is 7.16. The standard InChI is InChI=1S/C15H16N10O8S4/c1-33-20-6(9-18-14(16)36-21-9)10(26)17-7-11(27)25-8(13(28)29)5(2-34-12(7)25)3-35-15-19-22-23-24(15)4-37(30,31)32/h7,12H,2-4H2,1H3,(H,17,26)(H,28,29)(H2,16,18,21)(H,30,31,32)/b20-6+/t7?,12-/m1/s1. The van der Waals surface area contributed by atoms with E-state index in [1.54, 1.807) is 0 Å². The first-order valence-electron chi connectivity index (χ1n) is 9.76. The molecule has 4 rings (SSSR count). The van der Waals surface area contributed by atoms with Gasteiger partial charge in [0.2, 0.25) is 16.7 Å². The maximum absolute atomic E-state index is 12.9. The number of fused-ring (bicyclic) bond motifs is 1. The molecular weight excluding hydrogens is 576 g/mol. The van der Waals surface area contributed by atoms with Crippen molar-refractivity contribution < 1.29 is 37.3 Å². The maximum Gasteiger partial charge on any atom is 0.352 e. The number of thioether (sulfide) groups is 2. The number of oxime groups is 1. The summed E-state index contributed by atoms with van der Waals surface area (Å²) in [6.45, 7) is 0. The van der Waals surface area contributed by atoms with Gasteiger partial charge >= 0.3 is 5.97 Å². The van der Waals surface area contributed by atoms with Gasteiger partial charge in [0.15, 0.2) is 11.0 Å². The largest absolute Gasteiger partial charge is 0.477 e. The number of aliphatic carboxylic acids is 1. The number of β-lactam (4-membered cyclic amide) rings is 1. The van der Waals surface area contributed by atoms with Crippen LogP contribution in [0, 0.1) is 0 Å². The van der Waals surface area contributed by atoms with E-state index >= 15 is 0 Å². The van der Waals surface area contributed by atoms with Crippen LogP contribution in [-0.2, 0) is 35.2 Å². The average Bonchev–Trinajstić information content (AvgIpc) is 3.45. The van der Waals surface area contributed by atoms with E-state index in [1.165, 1.54) is 18.9 Å². The number of nitrogens with one attached hydrogen (secondary N) is 1. The Morgan fingerprint density at radius 3 is 2.78 bits per heavy atom. The second-order valence-corrected chi connectivity index (χ2v) is 11.4. The molecule has 0 aromatic carbocycles. The van der Waals surface area contributed by atoms with Crippen molar-refractivity contribution in [3.05, 3.63) is 17.1 Å². The number of carboxylic acid groups (broad SMARTS) is 1. The lowest BCUT2D eigenvalue weighted by molar-refractivity contribution is -0.150. The summed E-state index contributed by atoms with van der Waals surface area (Å²) in [4.78, 5) is 47.3. The topological polar surface area (TPSA) is 258 Å². The van der Waals surface area contributed by atoms with E-state index in [9.17, 15) is 27.9 Å². The van der Waals surface area contributed by atoms with Crippen LogP contribution in [-0.4, -0.2) is 106 Å². The molecule has 5 N–H and O–H groups in total. The fourth-order valence-corrected chi connectivity index (χ4v) is 6.66. The highest BCUT2D eigenvalue weighted by Crippen LogP contribution is 2.41. The number of amides is 2. The minimum atomic E-state index is -4.41. The van der Waals surface area contributed by atoms with Crippen LogP contribution in [0.1, 0.15) is 5.82 Å². The first kappa shape index (κ1) is 26.7. The molecule has 37 heavy (non-hydrogen) atoms. The van der Waals surface area contributed by atoms with Crippen molar-refractivity contribution in [2.24, 2.45) is 5.16 Å². The molecule has 2 atom stereocenters. The van der Waals surface area contributed by atoms with Crippen LogP contribution in [0.2, 0.25) is 0 Å². The molecule has 4 heterocycles. The van der Waals surface area contributed by atoms with Gasteiger partial charge in [-0.1, -0.05) is 16.9 Å². The summed E-state index contributed by atoms with van der Waals surface area (Å²) in [5.41, 5.74) is 5.33. The Bertz CT molecular complexity index is 1420. The Kier molecular flexibility index (Phi) is 7.63. The molecule has 2 aliphatic heterocycles. The van der Waals surface area contributed by atoms with Crippen molar-refractivity contribution in [1.82, 2.24) is 39.8 Å². The molecule has 22 heteroatoms. The third-order valence-electron chi connectivity index (χ3n) is 4.75. The summed E-state index contributed by atoms with van der Waals surface area (Å²) in [5.74, 6) is -3.62. The molecule has 1 saturated heterocycles. The van der Waals surface area contributed by atoms with Crippen LogP contribution in [0.15, 0.2) is 21.6 Å². The number of carbonyl (C=O) groups is 3. The van der Waals surface area contributed by atoms with Crippen LogP contribution in [0.4, 0.5) is 5.13 Å². The van der Waals surface area contributed by atoms with E-state index < -0.39 is 45.2 Å². The van der Waals surface area contributed by atoms with Gasteiger partial charge in [0, 0.05) is 23.0 Å². The highest BCUT2D eigenvalue weighted by atomic mass is 32.2. The van der Waals surface area contributed by atoms with E-state index in [0.717, 1.165) is 32.9 Å². The predicted molar refractivity (Wildman–Crippen MR) is 128 cm³/mol. The monoisotopic (exact) mass is 592 g/mol. The Hall–Kier alpha value is -3.34. The molecule has 198 valence electrons. The zero-order valence-corrected chi connectivity index (χ0v) is 21.7. The maximum atomic E-state index is 12.9. The smallest absolute Gasteiger partial charge is 0.352 e. The van der Waals surface area contributed by atoms with Crippen molar-refractivity contribution in [2.45, 2.75) is 22.4 Å². The average molecular weight is 593 g/mol. The molecule has 0 saturated carbocycles. The molecule has 0 bridgehead atoms. The molecule has 1 fully saturated rings. The lowest BCUT2D eigenvalue weighted by atomic mass is 10.0. The molecule has 2 amide bonds. The van der Waals surface area contributed by atoms with Gasteiger partial charge < -0.3 is 21.0 Å². The van der Waals surface area contributed by atoms with Gasteiger partial charge in [-0.15, -0.1) is 16.9 Å². The van der Waals surface area contributed by atoms with Crippen LogP contribution in [0.5, 0.6) is 0 Å². The second kappa shape index (κ2) is 10.6. The fraction of sp³-hybridized carbons (Fsp3) is 0.400. The van der Waals surface area contributed by atoms with Gasteiger partial charge in [-0.25, -0.2) is 9.48 Å². The van der Waals surface area contributed by atoms with E-state index in [1.807, 2.05) is 0 Å². The van der Waals surface area contributed by atoms with E-state index in [-0.39, 0.29) is 39.0 Å². The van der Waals surface area contributed by atoms with Crippen molar-refractivity contribution >= 4 is 73.8 Å². The molecular formula is C15H16N10O8S4. The SMILES string of the molecule is CO/N=C(/C(=O)NC1C(=O)N2C(C(=O)O)=C(CSc3nnnn3CS(=O)(=O)O)CS[C@H]12)c1nsc(N)n1. The number of rotatable bonds is 10. The zero-order valence-electron chi connectivity index (χ0n) is 18.4. The molecule has 0 aliphatic carbocycles. The number of hydrogen-bond donors (Lipinski definition) is 4. The Morgan fingerprint density at radius 1 is 1.41 bits per heavy atom. The van der Waals surface area contributed by atoms with Gasteiger partial charge in [-0.3, -0.25) is 19.0 Å². The van der Waals surface area contributed by atoms with Crippen LogP contribution < -0.4 is 11.1 Å². The third-order valence-corrected chi connectivity index (χ3v) is 8.24. The third kappa shape index (κ3) is 5.66. The Balaban J connectivity index is 1.48.